The molecule has 0 spiro atoms. The van der Waals surface area contributed by atoms with Gasteiger partial charge in [-0.2, -0.15) is 0 Å². The van der Waals surface area contributed by atoms with Crippen LogP contribution >= 0.6 is 23.5 Å². The molecule has 19 heteroatoms. The van der Waals surface area contributed by atoms with Crippen LogP contribution in [0, 0.1) is 0 Å². The number of phosphoric acid groups is 3. The molecule has 0 aromatic heterocycles. The van der Waals surface area contributed by atoms with Gasteiger partial charge in [0, 0.05) is 0 Å². The summed E-state index contributed by atoms with van der Waals surface area (Å²) in [5.41, 5.74) is 5.89. The third-order valence-corrected chi connectivity index (χ3v) is 18.4. The average molecular weight is 1260 g/mol. The van der Waals surface area contributed by atoms with E-state index in [9.17, 15) is 0 Å². The molecule has 6 atom stereocenters. The second-order valence-electron chi connectivity index (χ2n) is 20.8. The SMILES string of the molecule is COc1ccc(COC2[C@H](OCc3ccccc3)[C@H](OP(=O)(OCc3ccccc3)OCc3ccccc3)C(OP(=O)(OCc3ccccc3)OCc3ccccc3)[C@H](OP(=O)(OCc3ccccc3)OCc3ccccc3)[C@H]2OCc2ccccc2)cc1. The highest BCUT2D eigenvalue weighted by molar-refractivity contribution is 7.49. The van der Waals surface area contributed by atoms with Gasteiger partial charge in [-0.1, -0.05) is 255 Å². The minimum atomic E-state index is -5.04. The highest BCUT2D eigenvalue weighted by atomic mass is 31.2. The molecule has 10 rings (SSSR count). The first-order valence-corrected chi connectivity index (χ1v) is 33.5. The smallest absolute Gasteiger partial charge is 0.475 e. The Morgan fingerprint density at radius 1 is 0.236 bits per heavy atom. The standard InChI is InChI=1S/C70H71O16P3/c1-74-64-44-42-63(43-45-64)48-75-65-66(76-46-55-26-10-2-11-27-55)68(84-87(71,78-49-57-30-14-4-15-31-57)79-50-58-32-16-5-17-33-58)70(86-89(73,82-53-61-38-22-8-23-39-61)83-54-62-40-24-9-25-41-62)69(67(65)77-47-56-28-12-3-13-29-56)85-88(72,80-51-59-34-18-6-19-35-59)81-52-60-36-20-7-21-37-60/h2-45,65-70H,46-54H2,1H3/t65?,66-,67-,68-,69+,70?/m0/s1. The average Bonchev–Trinajstić information content (AvgIpc) is 1.02. The lowest BCUT2D eigenvalue weighted by molar-refractivity contribution is -0.256. The molecule has 0 radical (unpaired) electrons. The Bertz CT molecular complexity index is 3320. The zero-order valence-corrected chi connectivity index (χ0v) is 51.8. The fourth-order valence-corrected chi connectivity index (χ4v) is 13.7. The molecule has 89 heavy (non-hydrogen) atoms. The minimum Gasteiger partial charge on any atom is -0.497 e. The molecular formula is C70H71O16P3. The molecule has 16 nitrogen and oxygen atoms in total. The van der Waals surface area contributed by atoms with Crippen LogP contribution < -0.4 is 4.74 Å². The zero-order valence-electron chi connectivity index (χ0n) is 49.1. The summed E-state index contributed by atoms with van der Waals surface area (Å²) in [7, 11) is -13.4. The van der Waals surface area contributed by atoms with Crippen molar-refractivity contribution in [3.05, 3.63) is 317 Å². The van der Waals surface area contributed by atoms with Gasteiger partial charge in [0.1, 0.15) is 42.4 Å². The van der Waals surface area contributed by atoms with Crippen LogP contribution in [0.3, 0.4) is 0 Å². The van der Waals surface area contributed by atoms with Gasteiger partial charge >= 0.3 is 23.5 Å². The van der Waals surface area contributed by atoms with Crippen molar-refractivity contribution in [1.29, 1.82) is 0 Å². The quantitative estimate of drug-likeness (QED) is 0.0349. The molecule has 0 bridgehead atoms. The van der Waals surface area contributed by atoms with Gasteiger partial charge in [-0.15, -0.1) is 0 Å². The molecule has 0 saturated heterocycles. The van der Waals surface area contributed by atoms with Crippen LogP contribution in [-0.2, 0) is 128 Å². The van der Waals surface area contributed by atoms with Crippen LogP contribution in [0.1, 0.15) is 50.1 Å². The van der Waals surface area contributed by atoms with Crippen molar-refractivity contribution in [3.8, 4) is 5.75 Å². The van der Waals surface area contributed by atoms with E-state index in [1.807, 2.05) is 182 Å². The van der Waals surface area contributed by atoms with Crippen LogP contribution in [0.25, 0.3) is 0 Å². The first kappa shape index (κ1) is 65.0. The highest BCUT2D eigenvalue weighted by Crippen LogP contribution is 2.61. The van der Waals surface area contributed by atoms with Crippen LogP contribution in [-0.4, -0.2) is 43.7 Å². The lowest BCUT2D eigenvalue weighted by Gasteiger charge is -2.50. The Labute approximate surface area is 520 Å². The first-order chi connectivity index (χ1) is 43.6. The number of phosphoric ester groups is 3. The Hall–Kier alpha value is -7.01. The zero-order chi connectivity index (χ0) is 61.4. The number of rotatable bonds is 34. The molecule has 1 aliphatic carbocycles. The van der Waals surface area contributed by atoms with E-state index in [0.29, 0.717) is 44.7 Å². The van der Waals surface area contributed by atoms with Crippen LogP contribution in [0.4, 0.5) is 0 Å². The van der Waals surface area contributed by atoms with Crippen molar-refractivity contribution in [2.24, 2.45) is 0 Å². The largest absolute Gasteiger partial charge is 0.497 e. The maximum Gasteiger partial charge on any atom is 0.475 e. The lowest BCUT2D eigenvalue weighted by atomic mass is 9.84. The third-order valence-electron chi connectivity index (χ3n) is 14.3. The van der Waals surface area contributed by atoms with Crippen LogP contribution in [0.2, 0.25) is 0 Å². The number of benzene rings is 9. The van der Waals surface area contributed by atoms with Crippen LogP contribution in [0.5, 0.6) is 5.75 Å². The fourth-order valence-electron chi connectivity index (χ4n) is 9.61. The highest BCUT2D eigenvalue weighted by Gasteiger charge is 2.61. The Morgan fingerprint density at radius 3 is 0.629 bits per heavy atom. The van der Waals surface area contributed by atoms with Gasteiger partial charge in [-0.3, -0.25) is 40.7 Å². The topological polar surface area (TPSA) is 171 Å². The molecule has 0 amide bonds. The monoisotopic (exact) mass is 1260 g/mol. The summed E-state index contributed by atoms with van der Waals surface area (Å²) in [5, 5.41) is 0. The van der Waals surface area contributed by atoms with Crippen molar-refractivity contribution < 1.29 is 73.4 Å². The molecule has 1 aliphatic rings. The molecule has 1 fully saturated rings. The van der Waals surface area contributed by atoms with Gasteiger partial charge in [-0.25, -0.2) is 13.7 Å². The lowest BCUT2D eigenvalue weighted by Crippen LogP contribution is -2.67. The van der Waals surface area contributed by atoms with Crippen LogP contribution in [0.15, 0.2) is 267 Å². The predicted octanol–water partition coefficient (Wildman–Crippen LogP) is 16.5. The van der Waals surface area contributed by atoms with E-state index in [1.165, 1.54) is 0 Å². The number of methoxy groups -OCH3 is 1. The molecule has 1 saturated carbocycles. The summed E-state index contributed by atoms with van der Waals surface area (Å²) in [6, 6.07) is 80.4. The summed E-state index contributed by atoms with van der Waals surface area (Å²) in [5.74, 6) is 0.610. The van der Waals surface area contributed by atoms with Crippen molar-refractivity contribution in [3.63, 3.8) is 0 Å². The summed E-state index contributed by atoms with van der Waals surface area (Å²) >= 11 is 0. The summed E-state index contributed by atoms with van der Waals surface area (Å²) in [6.07, 6.45) is -9.91. The van der Waals surface area contributed by atoms with Gasteiger partial charge in [0.15, 0.2) is 0 Å². The van der Waals surface area contributed by atoms with E-state index in [-0.39, 0.29) is 59.5 Å². The van der Waals surface area contributed by atoms with E-state index in [0.717, 1.165) is 11.1 Å². The second kappa shape index (κ2) is 33.2. The van der Waals surface area contributed by atoms with Crippen molar-refractivity contribution in [2.75, 3.05) is 7.11 Å². The normalized spacial score (nSPS) is 17.9. The van der Waals surface area contributed by atoms with E-state index in [2.05, 4.69) is 0 Å². The number of hydrogen-bond acceptors (Lipinski definition) is 16. The van der Waals surface area contributed by atoms with Crippen molar-refractivity contribution >= 4 is 23.5 Å². The molecule has 0 N–H and O–H groups in total. The predicted molar refractivity (Wildman–Crippen MR) is 336 cm³/mol. The molecular weight excluding hydrogens is 1190 g/mol. The Balaban J connectivity index is 1.18. The Morgan fingerprint density at radius 2 is 0.416 bits per heavy atom. The second-order valence-corrected chi connectivity index (χ2v) is 25.6. The third kappa shape index (κ3) is 20.0. The van der Waals surface area contributed by atoms with E-state index in [4.69, 9.17) is 59.7 Å². The van der Waals surface area contributed by atoms with E-state index < -0.39 is 60.1 Å². The molecule has 462 valence electrons. The molecule has 9 aromatic rings. The van der Waals surface area contributed by atoms with Gasteiger partial charge in [0.25, 0.3) is 0 Å². The molecule has 0 aliphatic heterocycles. The fraction of sp³-hybridized carbons (Fsp3) is 0.229. The van der Waals surface area contributed by atoms with Gasteiger partial charge < -0.3 is 18.9 Å². The molecule has 2 unspecified atom stereocenters. The first-order valence-electron chi connectivity index (χ1n) is 29.1. The summed E-state index contributed by atoms with van der Waals surface area (Å²) in [4.78, 5) is 0. The number of hydrogen-bond donors (Lipinski definition) is 0. The molecule has 9 aromatic carbocycles. The maximum absolute atomic E-state index is 16.3. The summed E-state index contributed by atoms with van der Waals surface area (Å²) < 4.78 is 136. The van der Waals surface area contributed by atoms with Gasteiger partial charge in [0.2, 0.25) is 0 Å². The van der Waals surface area contributed by atoms with Gasteiger partial charge in [0.05, 0.1) is 66.6 Å². The van der Waals surface area contributed by atoms with E-state index in [1.54, 1.807) is 92.0 Å². The molecule has 0 heterocycles. The van der Waals surface area contributed by atoms with Crippen molar-refractivity contribution in [1.82, 2.24) is 0 Å². The maximum atomic E-state index is 16.3. The minimum absolute atomic E-state index is 0.103. The Kier molecular flexibility index (Phi) is 24.2. The summed E-state index contributed by atoms with van der Waals surface area (Å²) in [6.45, 7) is -1.97. The number of ether oxygens (including phenoxy) is 4. The van der Waals surface area contributed by atoms with E-state index >= 15 is 13.7 Å². The van der Waals surface area contributed by atoms with Crippen molar-refractivity contribution in [2.45, 2.75) is 96.1 Å². The van der Waals surface area contributed by atoms with Gasteiger partial charge in [-0.05, 0) is 62.2 Å².